The van der Waals surface area contributed by atoms with Gasteiger partial charge in [-0.05, 0) is 49.2 Å². The number of rotatable bonds is 4. The van der Waals surface area contributed by atoms with Crippen LogP contribution in [0.15, 0.2) is 85.1 Å². The molecule has 0 N–H and O–H groups in total. The largest absolute Gasteiger partial charge is 0.335 e. The van der Waals surface area contributed by atoms with E-state index >= 15 is 0 Å². The zero-order valence-corrected chi connectivity index (χ0v) is 21.1. The summed E-state index contributed by atoms with van der Waals surface area (Å²) in [7, 11) is 0. The van der Waals surface area contributed by atoms with Crippen LogP contribution < -0.4 is 0 Å². The fourth-order valence-electron chi connectivity index (χ4n) is 5.50. The third kappa shape index (κ3) is 4.32. The van der Waals surface area contributed by atoms with Crippen molar-refractivity contribution in [2.75, 3.05) is 32.7 Å². The number of carbonyl (C=O) groups is 3. The van der Waals surface area contributed by atoms with E-state index in [9.17, 15) is 14.4 Å². The molecule has 8 nitrogen and oxygen atoms in total. The van der Waals surface area contributed by atoms with Gasteiger partial charge in [0.15, 0.2) is 5.69 Å². The Morgan fingerprint density at radius 1 is 0.658 bits per heavy atom. The molecule has 2 aromatic carbocycles. The summed E-state index contributed by atoms with van der Waals surface area (Å²) < 4.78 is 1.95. The Bertz CT molecular complexity index is 1480. The summed E-state index contributed by atoms with van der Waals surface area (Å²) in [4.78, 5) is 50.2. The lowest BCUT2D eigenvalue weighted by molar-refractivity contribution is 0.0533. The zero-order valence-electron chi connectivity index (χ0n) is 21.1. The average Bonchev–Trinajstić information content (AvgIpc) is 3.62. The standard InChI is InChI=1S/C30H29N5O3/c36-28(22-10-3-1-4-11-22)32-18-20-33(21-19-32)30(38)26-24-14-7-8-16-34(24)27(31-26)25-15-9-17-35(25)29(37)23-12-5-2-6-13-23/h1-8,10-14,16,25H,9,15,17-21H2/t25-/m1/s1. The molecule has 0 bridgehead atoms. The highest BCUT2D eigenvalue weighted by molar-refractivity contribution is 6.00. The second-order valence-corrected chi connectivity index (χ2v) is 9.75. The minimum absolute atomic E-state index is 0.0168. The molecule has 0 radical (unpaired) electrons. The third-order valence-electron chi connectivity index (χ3n) is 7.49. The molecule has 3 amide bonds. The molecule has 2 aliphatic rings. The van der Waals surface area contributed by atoms with Crippen LogP contribution in [0.3, 0.4) is 0 Å². The minimum atomic E-state index is -0.209. The summed E-state index contributed by atoms with van der Waals surface area (Å²) in [6.45, 7) is 2.49. The summed E-state index contributed by atoms with van der Waals surface area (Å²) in [5, 5.41) is 0. The maximum atomic E-state index is 13.7. The van der Waals surface area contributed by atoms with E-state index in [1.165, 1.54) is 0 Å². The zero-order chi connectivity index (χ0) is 26.1. The molecule has 2 aliphatic heterocycles. The highest BCUT2D eigenvalue weighted by Crippen LogP contribution is 2.34. The Kier molecular flexibility index (Phi) is 6.37. The number of benzene rings is 2. The van der Waals surface area contributed by atoms with Gasteiger partial charge in [0, 0.05) is 50.0 Å². The number of nitrogens with zero attached hydrogens (tertiary/aromatic N) is 5. The van der Waals surface area contributed by atoms with Crippen molar-refractivity contribution >= 4 is 23.2 Å². The van der Waals surface area contributed by atoms with Crippen LogP contribution in [0.4, 0.5) is 0 Å². The lowest BCUT2D eigenvalue weighted by Crippen LogP contribution is -2.50. The molecule has 2 saturated heterocycles. The predicted octanol–water partition coefficient (Wildman–Crippen LogP) is 3.91. The molecule has 2 aromatic heterocycles. The monoisotopic (exact) mass is 507 g/mol. The number of aromatic nitrogens is 2. The molecule has 0 spiro atoms. The smallest absolute Gasteiger partial charge is 0.274 e. The van der Waals surface area contributed by atoms with E-state index in [1.54, 1.807) is 9.80 Å². The maximum Gasteiger partial charge on any atom is 0.274 e. The van der Waals surface area contributed by atoms with Crippen LogP contribution in [0.5, 0.6) is 0 Å². The summed E-state index contributed by atoms with van der Waals surface area (Å²) >= 11 is 0. The van der Waals surface area contributed by atoms with Crippen molar-refractivity contribution in [1.29, 1.82) is 0 Å². The maximum absolute atomic E-state index is 13.7. The highest BCUT2D eigenvalue weighted by atomic mass is 16.2. The Morgan fingerprint density at radius 3 is 1.89 bits per heavy atom. The van der Waals surface area contributed by atoms with Gasteiger partial charge in [-0.1, -0.05) is 42.5 Å². The van der Waals surface area contributed by atoms with Gasteiger partial charge in [0.1, 0.15) is 5.82 Å². The van der Waals surface area contributed by atoms with E-state index in [0.29, 0.717) is 55.4 Å². The first-order valence-electron chi connectivity index (χ1n) is 13.1. The number of imidazole rings is 1. The van der Waals surface area contributed by atoms with Crippen molar-refractivity contribution in [3.05, 3.63) is 108 Å². The first kappa shape index (κ1) is 23.9. The van der Waals surface area contributed by atoms with Crippen LogP contribution in [0.2, 0.25) is 0 Å². The molecular weight excluding hydrogens is 478 g/mol. The summed E-state index contributed by atoms with van der Waals surface area (Å²) in [6, 6.07) is 24.0. The van der Waals surface area contributed by atoms with Crippen molar-refractivity contribution in [2.24, 2.45) is 0 Å². The molecule has 1 atom stereocenters. The molecule has 4 heterocycles. The van der Waals surface area contributed by atoms with E-state index in [2.05, 4.69) is 0 Å². The Morgan fingerprint density at radius 2 is 1.24 bits per heavy atom. The van der Waals surface area contributed by atoms with Gasteiger partial charge >= 0.3 is 0 Å². The Hall–Kier alpha value is -4.46. The molecular formula is C30H29N5O3. The number of piperazine rings is 1. The number of fused-ring (bicyclic) bond motifs is 1. The summed E-state index contributed by atoms with van der Waals surface area (Å²) in [5.41, 5.74) is 2.43. The summed E-state index contributed by atoms with van der Waals surface area (Å²) in [6.07, 6.45) is 3.58. The van der Waals surface area contributed by atoms with Crippen molar-refractivity contribution < 1.29 is 14.4 Å². The normalized spacial score (nSPS) is 17.7. The van der Waals surface area contributed by atoms with Crippen molar-refractivity contribution in [2.45, 2.75) is 18.9 Å². The van der Waals surface area contributed by atoms with E-state index in [0.717, 1.165) is 18.4 Å². The SMILES string of the molecule is O=C(c1ccccc1)N1CCN(C(=O)c2nc([C@H]3CCCN3C(=O)c3ccccc3)n3ccccc23)CC1. The van der Waals surface area contributed by atoms with E-state index in [-0.39, 0.29) is 23.8 Å². The molecule has 0 saturated carbocycles. The van der Waals surface area contributed by atoms with E-state index in [1.807, 2.05) is 94.4 Å². The van der Waals surface area contributed by atoms with Crippen LogP contribution >= 0.6 is 0 Å². The van der Waals surface area contributed by atoms with E-state index in [4.69, 9.17) is 4.98 Å². The van der Waals surface area contributed by atoms with Gasteiger partial charge in [-0.15, -0.1) is 0 Å². The first-order chi connectivity index (χ1) is 18.6. The Labute approximate surface area is 221 Å². The topological polar surface area (TPSA) is 78.2 Å². The lowest BCUT2D eigenvalue weighted by atomic mass is 10.1. The van der Waals surface area contributed by atoms with Gasteiger partial charge in [0.05, 0.1) is 11.6 Å². The van der Waals surface area contributed by atoms with Crippen LogP contribution in [0, 0.1) is 0 Å². The predicted molar refractivity (Wildman–Crippen MR) is 143 cm³/mol. The molecule has 192 valence electrons. The number of hydrogen-bond acceptors (Lipinski definition) is 4. The highest BCUT2D eigenvalue weighted by Gasteiger charge is 2.35. The Balaban J connectivity index is 1.24. The van der Waals surface area contributed by atoms with Crippen LogP contribution in [0.25, 0.3) is 5.52 Å². The second kappa shape index (κ2) is 10.1. The van der Waals surface area contributed by atoms with Gasteiger partial charge in [-0.2, -0.15) is 0 Å². The molecule has 6 rings (SSSR count). The molecule has 0 unspecified atom stereocenters. The van der Waals surface area contributed by atoms with Crippen molar-refractivity contribution in [3.8, 4) is 0 Å². The quantitative estimate of drug-likeness (QED) is 0.420. The average molecular weight is 508 g/mol. The number of likely N-dealkylation sites (tertiary alicyclic amines) is 1. The van der Waals surface area contributed by atoms with Crippen molar-refractivity contribution in [3.63, 3.8) is 0 Å². The molecule has 0 aliphatic carbocycles. The molecule has 8 heteroatoms. The van der Waals surface area contributed by atoms with Gasteiger partial charge in [-0.25, -0.2) is 4.98 Å². The third-order valence-corrected chi connectivity index (χ3v) is 7.49. The molecule has 4 aromatic rings. The van der Waals surface area contributed by atoms with Gasteiger partial charge in [0.25, 0.3) is 17.7 Å². The van der Waals surface area contributed by atoms with Crippen LogP contribution in [-0.4, -0.2) is 74.5 Å². The van der Waals surface area contributed by atoms with Gasteiger partial charge in [0.2, 0.25) is 0 Å². The number of hydrogen-bond donors (Lipinski definition) is 0. The van der Waals surface area contributed by atoms with Crippen LogP contribution in [0.1, 0.15) is 55.9 Å². The second-order valence-electron chi connectivity index (χ2n) is 9.75. The summed E-state index contributed by atoms with van der Waals surface area (Å²) in [5.74, 6) is 0.527. The number of carbonyl (C=O) groups excluding carboxylic acids is 3. The van der Waals surface area contributed by atoms with E-state index < -0.39 is 0 Å². The van der Waals surface area contributed by atoms with Gasteiger partial charge < -0.3 is 19.1 Å². The van der Waals surface area contributed by atoms with Crippen LogP contribution in [-0.2, 0) is 0 Å². The fourth-order valence-corrected chi connectivity index (χ4v) is 5.50. The van der Waals surface area contributed by atoms with Crippen molar-refractivity contribution in [1.82, 2.24) is 24.1 Å². The number of amides is 3. The molecule has 2 fully saturated rings. The minimum Gasteiger partial charge on any atom is -0.335 e. The molecule has 38 heavy (non-hydrogen) atoms. The lowest BCUT2D eigenvalue weighted by Gasteiger charge is -2.34. The first-order valence-corrected chi connectivity index (χ1v) is 13.1. The number of pyridine rings is 1. The fraction of sp³-hybridized carbons (Fsp3) is 0.267. The van der Waals surface area contributed by atoms with Gasteiger partial charge in [-0.3, -0.25) is 14.4 Å².